The summed E-state index contributed by atoms with van der Waals surface area (Å²) in [5.41, 5.74) is 4.11. The Hall–Kier alpha value is -3.04. The molecule has 180 valence electrons. The number of thiazole rings is 1. The highest BCUT2D eigenvalue weighted by atomic mass is 32.1. The highest BCUT2D eigenvalue weighted by Gasteiger charge is 2.22. The lowest BCUT2D eigenvalue weighted by molar-refractivity contribution is 0.103. The third-order valence-electron chi connectivity index (χ3n) is 6.14. The number of hydrogen-bond donors (Lipinski definition) is 3. The number of hydrogen-bond acceptors (Lipinski definition) is 7. The fourth-order valence-corrected chi connectivity index (χ4v) is 5.06. The fourth-order valence-electron chi connectivity index (χ4n) is 4.36. The maximum atomic E-state index is 12.9. The summed E-state index contributed by atoms with van der Waals surface area (Å²) in [5.74, 6) is 2.45. The topological polar surface area (TPSA) is 94.0 Å². The molecule has 3 N–H and O–H groups in total. The van der Waals surface area contributed by atoms with Crippen molar-refractivity contribution < 1.29 is 4.79 Å². The van der Waals surface area contributed by atoms with Crippen molar-refractivity contribution in [2.45, 2.75) is 40.5 Å². The van der Waals surface area contributed by atoms with Gasteiger partial charge in [0.15, 0.2) is 0 Å². The standard InChI is InChI=1S/C25H33N7OS/c1-15-12-17(3)22(18(4)13-15)30-24(33)20-14-27-25(34-20)31-23-16(2)6-7-21(28-19(5)29-23)32-10-8-26-9-11-32/h12-14,16,26H,5-11H2,1-4H3,(H,30,33)(H,27,29,31). The van der Waals surface area contributed by atoms with Crippen molar-refractivity contribution in [3.05, 3.63) is 52.3 Å². The Bertz CT molecular complexity index is 1120. The van der Waals surface area contributed by atoms with Crippen LogP contribution in [0.5, 0.6) is 0 Å². The molecule has 2 aliphatic heterocycles. The van der Waals surface area contributed by atoms with E-state index < -0.39 is 0 Å². The minimum Gasteiger partial charge on any atom is -0.357 e. The van der Waals surface area contributed by atoms with Gasteiger partial charge in [-0.25, -0.2) is 15.0 Å². The average Bonchev–Trinajstić information content (AvgIpc) is 3.26. The first-order valence-electron chi connectivity index (χ1n) is 11.7. The predicted octanol–water partition coefficient (Wildman–Crippen LogP) is 4.15. The zero-order valence-corrected chi connectivity index (χ0v) is 21.2. The maximum Gasteiger partial charge on any atom is 0.267 e. The summed E-state index contributed by atoms with van der Waals surface area (Å²) in [4.78, 5) is 29.6. The SMILES string of the molecule is C=C1N=C(N2CCNCC2)CCC(C)C(=Nc2ncc(C(=O)Nc3c(C)cc(C)cc3C)s2)N1. The van der Waals surface area contributed by atoms with Crippen molar-refractivity contribution in [3.8, 4) is 0 Å². The molecule has 1 fully saturated rings. The third-order valence-corrected chi connectivity index (χ3v) is 7.03. The first kappa shape index (κ1) is 24.1. The van der Waals surface area contributed by atoms with Crippen molar-refractivity contribution in [2.75, 3.05) is 31.5 Å². The summed E-state index contributed by atoms with van der Waals surface area (Å²) in [7, 11) is 0. The van der Waals surface area contributed by atoms with Gasteiger partial charge in [-0.05, 0) is 38.3 Å². The van der Waals surface area contributed by atoms with E-state index in [0.29, 0.717) is 15.8 Å². The van der Waals surface area contributed by atoms with Crippen LogP contribution < -0.4 is 16.0 Å². The first-order chi connectivity index (χ1) is 16.3. The van der Waals surface area contributed by atoms with Crippen LogP contribution in [0.25, 0.3) is 0 Å². The summed E-state index contributed by atoms with van der Waals surface area (Å²) in [6, 6.07) is 4.13. The maximum absolute atomic E-state index is 12.9. The van der Waals surface area contributed by atoms with Crippen LogP contribution >= 0.6 is 11.3 Å². The van der Waals surface area contributed by atoms with Gasteiger partial charge in [-0.3, -0.25) is 4.79 Å². The zero-order valence-electron chi connectivity index (χ0n) is 20.4. The van der Waals surface area contributed by atoms with E-state index in [9.17, 15) is 4.79 Å². The average molecular weight is 480 g/mol. The smallest absolute Gasteiger partial charge is 0.267 e. The molecular weight excluding hydrogens is 446 g/mol. The molecule has 1 atom stereocenters. The number of rotatable bonds is 3. The zero-order chi connectivity index (χ0) is 24.2. The molecule has 1 amide bonds. The number of aryl methyl sites for hydroxylation is 3. The van der Waals surface area contributed by atoms with E-state index in [0.717, 1.165) is 67.5 Å². The number of amidine groups is 2. The lowest BCUT2D eigenvalue weighted by Gasteiger charge is -2.32. The van der Waals surface area contributed by atoms with Gasteiger partial charge in [0.05, 0.1) is 6.20 Å². The number of anilines is 1. The number of amides is 1. The van der Waals surface area contributed by atoms with Crippen molar-refractivity contribution in [3.63, 3.8) is 0 Å². The summed E-state index contributed by atoms with van der Waals surface area (Å²) >= 11 is 1.28. The highest BCUT2D eigenvalue weighted by Crippen LogP contribution is 2.27. The van der Waals surface area contributed by atoms with Gasteiger partial charge in [0.1, 0.15) is 22.4 Å². The minimum atomic E-state index is -0.174. The number of aliphatic imine (C=N–C) groups is 2. The van der Waals surface area contributed by atoms with Gasteiger partial charge in [-0.2, -0.15) is 0 Å². The Morgan fingerprint density at radius 1 is 1.24 bits per heavy atom. The van der Waals surface area contributed by atoms with Crippen LogP contribution in [0.3, 0.4) is 0 Å². The molecule has 1 saturated heterocycles. The number of piperazine rings is 1. The Labute approximate surface area is 205 Å². The van der Waals surface area contributed by atoms with E-state index in [1.54, 1.807) is 6.20 Å². The van der Waals surface area contributed by atoms with Gasteiger partial charge in [0, 0.05) is 44.2 Å². The molecule has 3 heterocycles. The van der Waals surface area contributed by atoms with Crippen LogP contribution in [0, 0.1) is 26.7 Å². The van der Waals surface area contributed by atoms with Crippen LogP contribution in [0.1, 0.15) is 46.1 Å². The normalized spacial score (nSPS) is 20.4. The second-order valence-electron chi connectivity index (χ2n) is 9.01. The Balaban J connectivity index is 1.47. The molecule has 0 spiro atoms. The van der Waals surface area contributed by atoms with Gasteiger partial charge in [0.2, 0.25) is 5.13 Å². The second-order valence-corrected chi connectivity index (χ2v) is 10.0. The second kappa shape index (κ2) is 10.5. The first-order valence-corrected chi connectivity index (χ1v) is 12.5. The Morgan fingerprint density at radius 2 is 1.94 bits per heavy atom. The number of nitrogens with zero attached hydrogens (tertiary/aromatic N) is 4. The molecule has 1 aromatic carbocycles. The molecule has 1 aromatic heterocycles. The van der Waals surface area contributed by atoms with Gasteiger partial charge in [-0.1, -0.05) is 42.5 Å². The van der Waals surface area contributed by atoms with Gasteiger partial charge in [0.25, 0.3) is 5.91 Å². The molecule has 0 saturated carbocycles. The predicted molar refractivity (Wildman–Crippen MR) is 140 cm³/mol. The van der Waals surface area contributed by atoms with Crippen molar-refractivity contribution >= 4 is 39.7 Å². The van der Waals surface area contributed by atoms with Crippen LogP contribution in [-0.4, -0.2) is 53.6 Å². The Morgan fingerprint density at radius 3 is 2.65 bits per heavy atom. The summed E-state index contributed by atoms with van der Waals surface area (Å²) in [6.45, 7) is 16.2. The van der Waals surface area contributed by atoms with Crippen LogP contribution in [0.15, 0.2) is 40.7 Å². The van der Waals surface area contributed by atoms with Crippen LogP contribution in [0.4, 0.5) is 10.8 Å². The number of carbonyl (C=O) groups is 1. The van der Waals surface area contributed by atoms with Gasteiger partial charge < -0.3 is 20.9 Å². The molecule has 4 rings (SSSR count). The molecule has 0 aliphatic carbocycles. The number of benzene rings is 1. The summed E-state index contributed by atoms with van der Waals surface area (Å²) < 4.78 is 0. The monoisotopic (exact) mass is 479 g/mol. The fraction of sp³-hybridized carbons (Fsp3) is 0.440. The van der Waals surface area contributed by atoms with E-state index in [2.05, 4.69) is 58.4 Å². The number of nitrogens with one attached hydrogen (secondary N) is 3. The Kier molecular flexibility index (Phi) is 7.43. The lowest BCUT2D eigenvalue weighted by atomic mass is 10.0. The van der Waals surface area contributed by atoms with E-state index in [1.807, 2.05) is 13.8 Å². The van der Waals surface area contributed by atoms with E-state index in [1.165, 1.54) is 16.9 Å². The van der Waals surface area contributed by atoms with Crippen molar-refractivity contribution in [2.24, 2.45) is 15.9 Å². The molecule has 34 heavy (non-hydrogen) atoms. The van der Waals surface area contributed by atoms with Crippen LogP contribution in [0.2, 0.25) is 0 Å². The van der Waals surface area contributed by atoms with E-state index in [4.69, 9.17) is 9.98 Å². The molecule has 0 radical (unpaired) electrons. The molecule has 0 bridgehead atoms. The minimum absolute atomic E-state index is 0.174. The van der Waals surface area contributed by atoms with E-state index in [-0.39, 0.29) is 11.8 Å². The quantitative estimate of drug-likeness (QED) is 0.615. The largest absolute Gasteiger partial charge is 0.357 e. The molecule has 9 heteroatoms. The highest BCUT2D eigenvalue weighted by molar-refractivity contribution is 7.17. The lowest BCUT2D eigenvalue weighted by Crippen LogP contribution is -2.47. The van der Waals surface area contributed by atoms with Gasteiger partial charge >= 0.3 is 0 Å². The van der Waals surface area contributed by atoms with Crippen LogP contribution in [-0.2, 0) is 0 Å². The third kappa shape index (κ3) is 5.71. The number of carbonyl (C=O) groups excluding carboxylic acids is 1. The van der Waals surface area contributed by atoms with Crippen molar-refractivity contribution in [1.82, 2.24) is 20.5 Å². The van der Waals surface area contributed by atoms with Crippen molar-refractivity contribution in [1.29, 1.82) is 0 Å². The molecular formula is C25H33N7OS. The molecule has 2 aliphatic rings. The van der Waals surface area contributed by atoms with E-state index >= 15 is 0 Å². The molecule has 8 nitrogen and oxygen atoms in total. The molecule has 2 aromatic rings. The number of aromatic nitrogens is 1. The summed E-state index contributed by atoms with van der Waals surface area (Å²) in [5, 5.41) is 10.2. The summed E-state index contributed by atoms with van der Waals surface area (Å²) in [6.07, 6.45) is 3.38. The molecule has 1 unspecified atom stereocenters. The van der Waals surface area contributed by atoms with Gasteiger partial charge in [-0.15, -0.1) is 0 Å².